The Morgan fingerprint density at radius 2 is 2.31 bits per heavy atom. The number of rotatable bonds is 1. The van der Waals surface area contributed by atoms with Crippen molar-refractivity contribution in [1.82, 2.24) is 4.98 Å². The second kappa shape index (κ2) is 4.30. The van der Waals surface area contributed by atoms with Gasteiger partial charge in [-0.1, -0.05) is 0 Å². The van der Waals surface area contributed by atoms with E-state index in [9.17, 15) is 4.39 Å². The SMILES string of the molecule is CC1(C)COCCN1c1ncc(Br)cc1F. The van der Waals surface area contributed by atoms with Gasteiger partial charge in [-0.05, 0) is 35.8 Å². The standard InChI is InChI=1S/C11H14BrFN2O/c1-11(2)7-16-4-3-15(11)10-9(13)5-8(12)6-14-10/h5-6H,3-4,7H2,1-2H3. The summed E-state index contributed by atoms with van der Waals surface area (Å²) < 4.78 is 19.9. The van der Waals surface area contributed by atoms with Crippen molar-refractivity contribution in [1.29, 1.82) is 0 Å². The summed E-state index contributed by atoms with van der Waals surface area (Å²) in [5.41, 5.74) is -0.222. The van der Waals surface area contributed by atoms with Crippen LogP contribution in [0, 0.1) is 5.82 Å². The van der Waals surface area contributed by atoms with Crippen LogP contribution in [0.3, 0.4) is 0 Å². The number of hydrogen-bond donors (Lipinski definition) is 0. The van der Waals surface area contributed by atoms with Gasteiger partial charge in [-0.25, -0.2) is 9.37 Å². The smallest absolute Gasteiger partial charge is 0.166 e. The molecular formula is C11H14BrFN2O. The van der Waals surface area contributed by atoms with Gasteiger partial charge in [0.15, 0.2) is 11.6 Å². The second-order valence-corrected chi connectivity index (χ2v) is 5.39. The van der Waals surface area contributed by atoms with Crippen LogP contribution in [-0.2, 0) is 4.74 Å². The molecule has 0 unspecified atom stereocenters. The molecule has 1 fully saturated rings. The number of nitrogens with zero attached hydrogens (tertiary/aromatic N) is 2. The zero-order chi connectivity index (χ0) is 11.8. The van der Waals surface area contributed by atoms with Gasteiger partial charge < -0.3 is 9.64 Å². The normalized spacial score (nSPS) is 19.9. The molecule has 0 aliphatic carbocycles. The number of aromatic nitrogens is 1. The number of anilines is 1. The van der Waals surface area contributed by atoms with Crippen LogP contribution < -0.4 is 4.90 Å². The number of hydrogen-bond acceptors (Lipinski definition) is 3. The summed E-state index contributed by atoms with van der Waals surface area (Å²) in [6.07, 6.45) is 1.62. The average molecular weight is 289 g/mol. The van der Waals surface area contributed by atoms with Gasteiger partial charge in [0.05, 0.1) is 18.8 Å². The summed E-state index contributed by atoms with van der Waals surface area (Å²) in [7, 11) is 0. The van der Waals surface area contributed by atoms with Crippen molar-refractivity contribution in [2.75, 3.05) is 24.7 Å². The van der Waals surface area contributed by atoms with Crippen LogP contribution in [0.5, 0.6) is 0 Å². The maximum Gasteiger partial charge on any atom is 0.166 e. The van der Waals surface area contributed by atoms with Crippen molar-refractivity contribution in [2.24, 2.45) is 0 Å². The Hall–Kier alpha value is -0.680. The van der Waals surface area contributed by atoms with E-state index < -0.39 is 0 Å². The summed E-state index contributed by atoms with van der Waals surface area (Å²) >= 11 is 3.20. The highest BCUT2D eigenvalue weighted by atomic mass is 79.9. The van der Waals surface area contributed by atoms with Gasteiger partial charge in [0.1, 0.15) is 0 Å². The highest BCUT2D eigenvalue weighted by molar-refractivity contribution is 9.10. The highest BCUT2D eigenvalue weighted by Gasteiger charge is 2.33. The van der Waals surface area contributed by atoms with Crippen molar-refractivity contribution < 1.29 is 9.13 Å². The fourth-order valence-corrected chi connectivity index (χ4v) is 2.16. The van der Waals surface area contributed by atoms with Crippen LogP contribution in [0.1, 0.15) is 13.8 Å². The van der Waals surface area contributed by atoms with Gasteiger partial charge >= 0.3 is 0 Å². The molecule has 1 aliphatic heterocycles. The Labute approximate surface area is 103 Å². The summed E-state index contributed by atoms with van der Waals surface area (Å²) in [6, 6.07) is 1.44. The minimum atomic E-state index is -0.302. The van der Waals surface area contributed by atoms with Crippen molar-refractivity contribution in [2.45, 2.75) is 19.4 Å². The maximum absolute atomic E-state index is 13.8. The molecule has 0 aromatic carbocycles. The second-order valence-electron chi connectivity index (χ2n) is 4.48. The minimum absolute atomic E-state index is 0.222. The maximum atomic E-state index is 13.8. The van der Waals surface area contributed by atoms with Crippen LogP contribution in [0.25, 0.3) is 0 Å². The number of pyridine rings is 1. The predicted molar refractivity (Wildman–Crippen MR) is 64.1 cm³/mol. The Morgan fingerprint density at radius 1 is 1.56 bits per heavy atom. The molecule has 2 rings (SSSR count). The molecule has 0 bridgehead atoms. The van der Waals surface area contributed by atoms with E-state index in [0.717, 1.165) is 0 Å². The lowest BCUT2D eigenvalue weighted by molar-refractivity contribution is 0.0634. The first-order valence-corrected chi connectivity index (χ1v) is 5.96. The average Bonchev–Trinajstić information content (AvgIpc) is 2.19. The Bertz CT molecular complexity index is 398. The van der Waals surface area contributed by atoms with Gasteiger partial charge in [-0.2, -0.15) is 0 Å². The van der Waals surface area contributed by atoms with E-state index in [1.165, 1.54) is 6.07 Å². The summed E-state index contributed by atoms with van der Waals surface area (Å²) in [4.78, 5) is 6.10. The van der Waals surface area contributed by atoms with E-state index in [0.29, 0.717) is 30.0 Å². The summed E-state index contributed by atoms with van der Waals surface area (Å²) in [5.74, 6) is 0.0980. The molecule has 1 saturated heterocycles. The van der Waals surface area contributed by atoms with Crippen molar-refractivity contribution in [3.8, 4) is 0 Å². The van der Waals surface area contributed by atoms with Crippen LogP contribution >= 0.6 is 15.9 Å². The quantitative estimate of drug-likeness (QED) is 0.794. The zero-order valence-electron chi connectivity index (χ0n) is 9.33. The first kappa shape index (κ1) is 11.8. The molecule has 2 heterocycles. The van der Waals surface area contributed by atoms with Crippen molar-refractivity contribution >= 4 is 21.7 Å². The van der Waals surface area contributed by atoms with Crippen molar-refractivity contribution in [3.05, 3.63) is 22.6 Å². The predicted octanol–water partition coefficient (Wildman–Crippen LogP) is 2.60. The fraction of sp³-hybridized carbons (Fsp3) is 0.545. The molecule has 0 N–H and O–H groups in total. The molecule has 1 aromatic heterocycles. The van der Waals surface area contributed by atoms with Crippen LogP contribution in [-0.4, -0.2) is 30.3 Å². The molecule has 0 atom stereocenters. The third-order valence-corrected chi connectivity index (χ3v) is 3.12. The molecule has 1 aromatic rings. The van der Waals surface area contributed by atoms with Gasteiger partial charge in [0, 0.05) is 17.2 Å². The Kier molecular flexibility index (Phi) is 3.17. The van der Waals surface area contributed by atoms with Crippen LogP contribution in [0.4, 0.5) is 10.2 Å². The number of halogens is 2. The lowest BCUT2D eigenvalue weighted by Gasteiger charge is -2.42. The molecule has 0 saturated carbocycles. The molecule has 88 valence electrons. The fourth-order valence-electron chi connectivity index (χ4n) is 1.86. The monoisotopic (exact) mass is 288 g/mol. The van der Waals surface area contributed by atoms with E-state index in [4.69, 9.17) is 4.74 Å². The molecule has 0 radical (unpaired) electrons. The Morgan fingerprint density at radius 3 is 2.94 bits per heavy atom. The summed E-state index contributed by atoms with van der Waals surface area (Å²) in [6.45, 7) is 5.91. The lowest BCUT2D eigenvalue weighted by Crippen LogP contribution is -2.53. The largest absolute Gasteiger partial charge is 0.377 e. The van der Waals surface area contributed by atoms with Crippen LogP contribution in [0.2, 0.25) is 0 Å². The van der Waals surface area contributed by atoms with E-state index in [1.807, 2.05) is 18.7 Å². The summed E-state index contributed by atoms with van der Waals surface area (Å²) in [5, 5.41) is 0. The van der Waals surface area contributed by atoms with Gasteiger partial charge in [0.2, 0.25) is 0 Å². The molecule has 5 heteroatoms. The van der Waals surface area contributed by atoms with E-state index in [1.54, 1.807) is 6.20 Å². The molecule has 16 heavy (non-hydrogen) atoms. The third kappa shape index (κ3) is 2.20. The first-order chi connectivity index (χ1) is 7.50. The van der Waals surface area contributed by atoms with Gasteiger partial charge in [-0.3, -0.25) is 0 Å². The van der Waals surface area contributed by atoms with E-state index >= 15 is 0 Å². The number of ether oxygens (including phenoxy) is 1. The molecule has 0 amide bonds. The van der Waals surface area contributed by atoms with Gasteiger partial charge in [0.25, 0.3) is 0 Å². The zero-order valence-corrected chi connectivity index (χ0v) is 10.9. The molecular weight excluding hydrogens is 275 g/mol. The Balaban J connectivity index is 2.35. The number of morpholine rings is 1. The minimum Gasteiger partial charge on any atom is -0.377 e. The molecule has 1 aliphatic rings. The molecule has 0 spiro atoms. The van der Waals surface area contributed by atoms with Crippen LogP contribution in [0.15, 0.2) is 16.7 Å². The highest BCUT2D eigenvalue weighted by Crippen LogP contribution is 2.28. The van der Waals surface area contributed by atoms with Gasteiger partial charge in [-0.15, -0.1) is 0 Å². The lowest BCUT2D eigenvalue weighted by atomic mass is 10.0. The first-order valence-electron chi connectivity index (χ1n) is 5.17. The van der Waals surface area contributed by atoms with E-state index in [2.05, 4.69) is 20.9 Å². The van der Waals surface area contributed by atoms with E-state index in [-0.39, 0.29) is 11.4 Å². The topological polar surface area (TPSA) is 25.4 Å². The van der Waals surface area contributed by atoms with Crippen molar-refractivity contribution in [3.63, 3.8) is 0 Å². The molecule has 3 nitrogen and oxygen atoms in total. The third-order valence-electron chi connectivity index (χ3n) is 2.69.